The first-order chi connectivity index (χ1) is 15.4. The van der Waals surface area contributed by atoms with Crippen LogP contribution >= 0.6 is 11.8 Å². The summed E-state index contributed by atoms with van der Waals surface area (Å²) in [4.78, 5) is 13.5. The number of ether oxygens (including phenoxy) is 1. The van der Waals surface area contributed by atoms with Gasteiger partial charge in [0.25, 0.3) is 15.9 Å². The number of aryl methyl sites for hydroxylation is 1. The Morgan fingerprint density at radius 2 is 1.91 bits per heavy atom. The lowest BCUT2D eigenvalue weighted by molar-refractivity contribution is -0.118. The van der Waals surface area contributed by atoms with Crippen molar-refractivity contribution in [2.24, 2.45) is 0 Å². The van der Waals surface area contributed by atoms with Gasteiger partial charge in [-0.15, -0.1) is 11.8 Å². The van der Waals surface area contributed by atoms with Crippen LogP contribution in [0.15, 0.2) is 76.5 Å². The van der Waals surface area contributed by atoms with Crippen molar-refractivity contribution in [3.63, 3.8) is 0 Å². The van der Waals surface area contributed by atoms with Gasteiger partial charge >= 0.3 is 0 Å². The molecule has 8 heteroatoms. The molecule has 0 radical (unpaired) electrons. The van der Waals surface area contributed by atoms with Crippen molar-refractivity contribution >= 4 is 39.1 Å². The van der Waals surface area contributed by atoms with Crippen molar-refractivity contribution in [1.29, 1.82) is 0 Å². The van der Waals surface area contributed by atoms with Gasteiger partial charge in [0.05, 0.1) is 10.6 Å². The molecule has 3 aromatic rings. The maximum Gasteiger partial charge on any atom is 0.264 e. The average Bonchev–Trinajstić information content (AvgIpc) is 3.23. The summed E-state index contributed by atoms with van der Waals surface area (Å²) in [5.74, 6) is 0.187. The molecule has 3 aromatic carbocycles. The van der Waals surface area contributed by atoms with E-state index in [-0.39, 0.29) is 17.4 Å². The highest BCUT2D eigenvalue weighted by Crippen LogP contribution is 2.33. The molecule has 6 nitrogen and oxygen atoms in total. The van der Waals surface area contributed by atoms with Crippen molar-refractivity contribution in [1.82, 2.24) is 0 Å². The summed E-state index contributed by atoms with van der Waals surface area (Å²) in [7, 11) is -3.67. The molecule has 0 unspecified atom stereocenters. The molecular weight excluding hydrogens is 444 g/mol. The maximum atomic E-state index is 13.2. The van der Waals surface area contributed by atoms with Crippen molar-refractivity contribution < 1.29 is 17.9 Å². The Bertz CT molecular complexity index is 1260. The van der Waals surface area contributed by atoms with Crippen molar-refractivity contribution in [2.75, 3.05) is 29.0 Å². The number of hydrogen-bond acceptors (Lipinski definition) is 5. The zero-order valence-corrected chi connectivity index (χ0v) is 19.5. The normalized spacial score (nSPS) is 13.0. The minimum atomic E-state index is -3.67. The number of anilines is 2. The minimum absolute atomic E-state index is 0.171. The number of nitrogens with one attached hydrogen (secondary N) is 1. The molecular formula is C24H24N2O4S2. The van der Waals surface area contributed by atoms with E-state index in [1.165, 1.54) is 10.4 Å². The van der Waals surface area contributed by atoms with E-state index in [9.17, 15) is 13.2 Å². The summed E-state index contributed by atoms with van der Waals surface area (Å²) < 4.78 is 33.5. The Labute approximate surface area is 192 Å². The lowest BCUT2D eigenvalue weighted by Gasteiger charge is -2.20. The molecule has 1 aliphatic heterocycles. The van der Waals surface area contributed by atoms with Crippen LogP contribution in [-0.2, 0) is 21.2 Å². The van der Waals surface area contributed by atoms with E-state index in [0.29, 0.717) is 30.0 Å². The molecule has 4 rings (SSSR count). The summed E-state index contributed by atoms with van der Waals surface area (Å²) in [6, 6.07) is 19.8. The Balaban J connectivity index is 1.44. The van der Waals surface area contributed by atoms with Crippen LogP contribution < -0.4 is 14.4 Å². The number of amides is 1. The van der Waals surface area contributed by atoms with E-state index in [1.54, 1.807) is 30.8 Å². The van der Waals surface area contributed by atoms with Gasteiger partial charge < -0.3 is 10.1 Å². The smallest absolute Gasteiger partial charge is 0.264 e. The van der Waals surface area contributed by atoms with Crippen LogP contribution in [-0.4, -0.2) is 33.7 Å². The minimum Gasteiger partial charge on any atom is -0.483 e. The molecule has 0 fully saturated rings. The van der Waals surface area contributed by atoms with Gasteiger partial charge in [-0.3, -0.25) is 9.10 Å². The standard InChI is InChI=1S/C24H24N2O4S2/c1-17-14-21(32(28,29)26-13-12-18-6-3-4-9-22(18)26)10-11-23(17)30-16-24(27)25-19-7-5-8-20(15-19)31-2/h3-11,14-15H,12-13,16H2,1-2H3,(H,25,27). The number of benzene rings is 3. The number of fused-ring (bicyclic) bond motifs is 1. The highest BCUT2D eigenvalue weighted by Gasteiger charge is 2.30. The lowest BCUT2D eigenvalue weighted by Crippen LogP contribution is -2.29. The van der Waals surface area contributed by atoms with Crippen LogP contribution in [0.5, 0.6) is 5.75 Å². The summed E-state index contributed by atoms with van der Waals surface area (Å²) in [6.07, 6.45) is 2.67. The number of nitrogens with zero attached hydrogens (tertiary/aromatic N) is 1. The molecule has 1 N–H and O–H groups in total. The largest absolute Gasteiger partial charge is 0.483 e. The fourth-order valence-electron chi connectivity index (χ4n) is 3.67. The fourth-order valence-corrected chi connectivity index (χ4v) is 5.72. The second-order valence-corrected chi connectivity index (χ2v) is 10.2. The van der Waals surface area contributed by atoms with Crippen molar-refractivity contribution in [3.05, 3.63) is 77.9 Å². The molecule has 166 valence electrons. The summed E-state index contributed by atoms with van der Waals surface area (Å²) in [5, 5.41) is 2.81. The maximum absolute atomic E-state index is 13.2. The Morgan fingerprint density at radius 3 is 2.69 bits per heavy atom. The van der Waals surface area contributed by atoms with Gasteiger partial charge in [0.2, 0.25) is 0 Å². The van der Waals surface area contributed by atoms with E-state index in [2.05, 4.69) is 5.32 Å². The highest BCUT2D eigenvalue weighted by molar-refractivity contribution is 7.98. The molecule has 1 heterocycles. The van der Waals surface area contributed by atoms with Gasteiger partial charge in [-0.2, -0.15) is 0 Å². The topological polar surface area (TPSA) is 75.7 Å². The Kier molecular flexibility index (Phi) is 6.43. The van der Waals surface area contributed by atoms with Gasteiger partial charge in [-0.25, -0.2) is 8.42 Å². The van der Waals surface area contributed by atoms with Crippen molar-refractivity contribution in [3.8, 4) is 5.75 Å². The molecule has 0 saturated carbocycles. The second-order valence-electron chi connectivity index (χ2n) is 7.45. The van der Waals surface area contributed by atoms with Crippen molar-refractivity contribution in [2.45, 2.75) is 23.1 Å². The van der Waals surface area contributed by atoms with Gasteiger partial charge in [-0.05, 0) is 73.2 Å². The monoisotopic (exact) mass is 468 g/mol. The molecule has 0 aromatic heterocycles. The summed E-state index contributed by atoms with van der Waals surface area (Å²) in [5.41, 5.74) is 3.11. The number of thioether (sulfide) groups is 1. The van der Waals surface area contributed by atoms with Crippen LogP contribution in [0, 0.1) is 6.92 Å². The van der Waals surface area contributed by atoms with Gasteiger partial charge in [-0.1, -0.05) is 24.3 Å². The van der Waals surface area contributed by atoms with E-state index in [0.717, 1.165) is 16.1 Å². The SMILES string of the molecule is CSc1cccc(NC(=O)COc2ccc(S(=O)(=O)N3CCc4ccccc43)cc2C)c1. The summed E-state index contributed by atoms with van der Waals surface area (Å²) >= 11 is 1.60. The zero-order chi connectivity index (χ0) is 22.7. The fraction of sp³-hybridized carbons (Fsp3) is 0.208. The van der Waals surface area contributed by atoms with Gasteiger partial charge in [0, 0.05) is 17.1 Å². The van der Waals surface area contributed by atoms with E-state index in [1.807, 2.05) is 54.8 Å². The third-order valence-electron chi connectivity index (χ3n) is 5.29. The molecule has 0 aliphatic carbocycles. The Hall–Kier alpha value is -2.97. The highest BCUT2D eigenvalue weighted by atomic mass is 32.2. The number of sulfonamides is 1. The first-order valence-electron chi connectivity index (χ1n) is 10.2. The first kappa shape index (κ1) is 22.2. The van der Waals surface area contributed by atoms with Crippen LogP contribution in [0.25, 0.3) is 0 Å². The quantitative estimate of drug-likeness (QED) is 0.517. The molecule has 0 saturated heterocycles. The van der Waals surface area contributed by atoms with Gasteiger partial charge in [0.15, 0.2) is 6.61 Å². The van der Waals surface area contributed by atoms with E-state index < -0.39 is 10.0 Å². The predicted molar refractivity (Wildman–Crippen MR) is 128 cm³/mol. The van der Waals surface area contributed by atoms with Crippen LogP contribution in [0.3, 0.4) is 0 Å². The molecule has 1 amide bonds. The van der Waals surface area contributed by atoms with Gasteiger partial charge in [0.1, 0.15) is 5.75 Å². The predicted octanol–water partition coefficient (Wildman–Crippen LogP) is 4.49. The molecule has 1 aliphatic rings. The third kappa shape index (κ3) is 4.61. The van der Waals surface area contributed by atoms with Crippen LogP contribution in [0.4, 0.5) is 11.4 Å². The number of rotatable bonds is 7. The molecule has 32 heavy (non-hydrogen) atoms. The van der Waals surface area contributed by atoms with Crippen LogP contribution in [0.2, 0.25) is 0 Å². The molecule has 0 atom stereocenters. The summed E-state index contributed by atoms with van der Waals surface area (Å²) in [6.45, 7) is 2.03. The van der Waals surface area contributed by atoms with Crippen LogP contribution in [0.1, 0.15) is 11.1 Å². The second kappa shape index (κ2) is 9.26. The number of carbonyl (C=O) groups is 1. The third-order valence-corrected chi connectivity index (χ3v) is 7.83. The number of carbonyl (C=O) groups excluding carboxylic acids is 1. The number of para-hydroxylation sites is 1. The first-order valence-corrected chi connectivity index (χ1v) is 12.8. The van der Waals surface area contributed by atoms with E-state index in [4.69, 9.17) is 4.74 Å². The lowest BCUT2D eigenvalue weighted by atomic mass is 10.2. The Morgan fingerprint density at radius 1 is 1.09 bits per heavy atom. The number of hydrogen-bond donors (Lipinski definition) is 1. The average molecular weight is 469 g/mol. The molecule has 0 spiro atoms. The molecule has 0 bridgehead atoms. The zero-order valence-electron chi connectivity index (χ0n) is 17.9. The van der Waals surface area contributed by atoms with E-state index >= 15 is 0 Å².